The molecule has 3 nitrogen and oxygen atoms in total. The van der Waals surface area contributed by atoms with E-state index in [0.29, 0.717) is 5.56 Å². The molecule has 1 amide bonds. The number of aryl methyl sites for hydroxylation is 1. The molecule has 0 radical (unpaired) electrons. The zero-order chi connectivity index (χ0) is 14.6. The molecular formula is C17H21NO2. The summed E-state index contributed by atoms with van der Waals surface area (Å²) in [7, 11) is 0. The lowest BCUT2D eigenvalue weighted by Crippen LogP contribution is -2.39. The Kier molecular flexibility index (Phi) is 4.46. The third-order valence-electron chi connectivity index (χ3n) is 4.04. The third kappa shape index (κ3) is 3.40. The lowest BCUT2D eigenvalue weighted by Gasteiger charge is -2.38. The molecule has 2 rings (SSSR count). The summed E-state index contributed by atoms with van der Waals surface area (Å²) in [6.07, 6.45) is 3.64. The first kappa shape index (κ1) is 14.6. The van der Waals surface area contributed by atoms with Gasteiger partial charge >= 0.3 is 0 Å². The predicted molar refractivity (Wildman–Crippen MR) is 79.4 cm³/mol. The summed E-state index contributed by atoms with van der Waals surface area (Å²) in [6, 6.07) is 5.50. The molecule has 0 unspecified atom stereocenters. The fourth-order valence-corrected chi connectivity index (χ4v) is 2.39. The summed E-state index contributed by atoms with van der Waals surface area (Å²) in [6.45, 7) is 4.72. The molecule has 0 saturated heterocycles. The lowest BCUT2D eigenvalue weighted by molar-refractivity contribution is 0.0891. The Morgan fingerprint density at radius 2 is 2.20 bits per heavy atom. The largest absolute Gasteiger partial charge is 0.384 e. The molecule has 20 heavy (non-hydrogen) atoms. The molecule has 3 heteroatoms. The van der Waals surface area contributed by atoms with E-state index in [4.69, 9.17) is 5.11 Å². The standard InChI is InChI=1S/C17H21NO2/c1-13-6-7-15(11-14(13)5-3-10-19)16(20)18-12-17(2)8-4-9-17/h6-7,11,19H,4,8-10,12H2,1-2H3,(H,18,20). The van der Waals surface area contributed by atoms with Gasteiger partial charge in [-0.2, -0.15) is 0 Å². The summed E-state index contributed by atoms with van der Waals surface area (Å²) >= 11 is 0. The highest BCUT2D eigenvalue weighted by atomic mass is 16.2. The third-order valence-corrected chi connectivity index (χ3v) is 4.04. The highest BCUT2D eigenvalue weighted by Gasteiger charge is 2.31. The molecule has 1 aliphatic carbocycles. The van der Waals surface area contributed by atoms with E-state index in [1.807, 2.05) is 19.1 Å². The van der Waals surface area contributed by atoms with Crippen molar-refractivity contribution in [2.75, 3.05) is 13.2 Å². The van der Waals surface area contributed by atoms with Crippen LogP contribution >= 0.6 is 0 Å². The van der Waals surface area contributed by atoms with Gasteiger partial charge in [-0.25, -0.2) is 0 Å². The second-order valence-corrected chi connectivity index (χ2v) is 5.84. The normalized spacial score (nSPS) is 15.8. The van der Waals surface area contributed by atoms with E-state index >= 15 is 0 Å². The number of rotatable bonds is 3. The summed E-state index contributed by atoms with van der Waals surface area (Å²) in [4.78, 5) is 12.2. The zero-order valence-electron chi connectivity index (χ0n) is 12.1. The Morgan fingerprint density at radius 1 is 1.45 bits per heavy atom. The van der Waals surface area contributed by atoms with Gasteiger partial charge < -0.3 is 10.4 Å². The monoisotopic (exact) mass is 271 g/mol. The van der Waals surface area contributed by atoms with Crippen LogP contribution in [0.25, 0.3) is 0 Å². The number of hydrogen-bond acceptors (Lipinski definition) is 2. The van der Waals surface area contributed by atoms with Crippen LogP contribution in [0.15, 0.2) is 18.2 Å². The van der Waals surface area contributed by atoms with Crippen molar-refractivity contribution in [1.82, 2.24) is 5.32 Å². The van der Waals surface area contributed by atoms with Crippen LogP contribution in [-0.2, 0) is 0 Å². The minimum atomic E-state index is -0.172. The molecular weight excluding hydrogens is 250 g/mol. The van der Waals surface area contributed by atoms with E-state index in [0.717, 1.165) is 17.7 Å². The average molecular weight is 271 g/mol. The van der Waals surface area contributed by atoms with Crippen LogP contribution in [0.5, 0.6) is 0 Å². The summed E-state index contributed by atoms with van der Waals surface area (Å²) in [5.41, 5.74) is 2.70. The van der Waals surface area contributed by atoms with E-state index in [2.05, 4.69) is 24.1 Å². The Labute approximate surface area is 120 Å². The van der Waals surface area contributed by atoms with Gasteiger partial charge in [0.2, 0.25) is 0 Å². The van der Waals surface area contributed by atoms with Crippen LogP contribution in [0.1, 0.15) is 47.7 Å². The first-order valence-corrected chi connectivity index (χ1v) is 7.03. The van der Waals surface area contributed by atoms with Gasteiger partial charge in [-0.05, 0) is 42.9 Å². The van der Waals surface area contributed by atoms with Gasteiger partial charge in [-0.3, -0.25) is 4.79 Å². The molecule has 1 saturated carbocycles. The van der Waals surface area contributed by atoms with E-state index in [9.17, 15) is 4.79 Å². The van der Waals surface area contributed by atoms with Gasteiger partial charge in [0.25, 0.3) is 5.91 Å². The van der Waals surface area contributed by atoms with Crippen molar-refractivity contribution < 1.29 is 9.90 Å². The average Bonchev–Trinajstić information content (AvgIpc) is 2.41. The van der Waals surface area contributed by atoms with Crippen LogP contribution in [0, 0.1) is 24.2 Å². The molecule has 0 bridgehead atoms. The van der Waals surface area contributed by atoms with Crippen LogP contribution in [-0.4, -0.2) is 24.2 Å². The first-order chi connectivity index (χ1) is 9.54. The molecule has 1 fully saturated rings. The van der Waals surface area contributed by atoms with Crippen LogP contribution in [0.2, 0.25) is 0 Å². The van der Waals surface area contributed by atoms with Crippen molar-refractivity contribution in [2.24, 2.45) is 5.41 Å². The second kappa shape index (κ2) is 6.11. The Bertz CT molecular complexity index is 562. The molecule has 0 aliphatic heterocycles. The lowest BCUT2D eigenvalue weighted by atomic mass is 9.70. The van der Waals surface area contributed by atoms with E-state index < -0.39 is 0 Å². The quantitative estimate of drug-likeness (QED) is 0.828. The Hall–Kier alpha value is -1.79. The van der Waals surface area contributed by atoms with Crippen molar-refractivity contribution in [1.29, 1.82) is 0 Å². The minimum absolute atomic E-state index is 0.0508. The summed E-state index contributed by atoms with van der Waals surface area (Å²) in [5, 5.41) is 11.8. The molecule has 106 valence electrons. The van der Waals surface area contributed by atoms with Crippen molar-refractivity contribution in [3.8, 4) is 11.8 Å². The summed E-state index contributed by atoms with van der Waals surface area (Å²) < 4.78 is 0. The number of carbonyl (C=O) groups excluding carboxylic acids is 1. The van der Waals surface area contributed by atoms with Gasteiger partial charge in [0.05, 0.1) is 0 Å². The van der Waals surface area contributed by atoms with E-state index in [-0.39, 0.29) is 17.9 Å². The SMILES string of the molecule is Cc1ccc(C(=O)NCC2(C)CCC2)cc1C#CCO. The zero-order valence-corrected chi connectivity index (χ0v) is 12.1. The van der Waals surface area contributed by atoms with Crippen LogP contribution in [0.3, 0.4) is 0 Å². The number of aliphatic hydroxyl groups excluding tert-OH is 1. The van der Waals surface area contributed by atoms with Crippen LogP contribution < -0.4 is 5.32 Å². The molecule has 0 aromatic heterocycles. The molecule has 1 aliphatic rings. The minimum Gasteiger partial charge on any atom is -0.384 e. The molecule has 1 aromatic rings. The van der Waals surface area contributed by atoms with Crippen molar-refractivity contribution >= 4 is 5.91 Å². The Morgan fingerprint density at radius 3 is 2.80 bits per heavy atom. The van der Waals surface area contributed by atoms with E-state index in [1.165, 1.54) is 19.3 Å². The predicted octanol–water partition coefficient (Wildman–Crippen LogP) is 2.26. The maximum atomic E-state index is 12.2. The number of hydrogen-bond donors (Lipinski definition) is 2. The van der Waals surface area contributed by atoms with Gasteiger partial charge in [0.15, 0.2) is 0 Å². The number of amides is 1. The van der Waals surface area contributed by atoms with Gasteiger partial charge in [-0.1, -0.05) is 31.3 Å². The van der Waals surface area contributed by atoms with Gasteiger partial charge in [-0.15, -0.1) is 0 Å². The fraction of sp³-hybridized carbons (Fsp3) is 0.471. The molecule has 1 aromatic carbocycles. The number of nitrogens with one attached hydrogen (secondary N) is 1. The maximum absolute atomic E-state index is 12.2. The molecule has 0 spiro atoms. The number of carbonyl (C=O) groups is 1. The molecule has 2 N–H and O–H groups in total. The second-order valence-electron chi connectivity index (χ2n) is 5.84. The van der Waals surface area contributed by atoms with E-state index in [1.54, 1.807) is 6.07 Å². The fourth-order valence-electron chi connectivity index (χ4n) is 2.39. The molecule has 0 atom stereocenters. The number of aliphatic hydroxyl groups is 1. The highest BCUT2D eigenvalue weighted by molar-refractivity contribution is 5.94. The van der Waals surface area contributed by atoms with Crippen LogP contribution in [0.4, 0.5) is 0 Å². The maximum Gasteiger partial charge on any atom is 0.251 e. The van der Waals surface area contributed by atoms with Crippen molar-refractivity contribution in [3.63, 3.8) is 0 Å². The first-order valence-electron chi connectivity index (χ1n) is 7.03. The van der Waals surface area contributed by atoms with Crippen molar-refractivity contribution in [3.05, 3.63) is 34.9 Å². The Balaban J connectivity index is 2.05. The topological polar surface area (TPSA) is 49.3 Å². The van der Waals surface area contributed by atoms with Gasteiger partial charge in [0.1, 0.15) is 6.61 Å². The van der Waals surface area contributed by atoms with Crippen molar-refractivity contribution in [2.45, 2.75) is 33.1 Å². The van der Waals surface area contributed by atoms with Gasteiger partial charge in [0, 0.05) is 17.7 Å². The number of benzene rings is 1. The molecule has 0 heterocycles. The highest BCUT2D eigenvalue weighted by Crippen LogP contribution is 2.39. The smallest absolute Gasteiger partial charge is 0.251 e. The summed E-state index contributed by atoms with van der Waals surface area (Å²) in [5.74, 6) is 5.44.